The van der Waals surface area contributed by atoms with Crippen LogP contribution in [0.2, 0.25) is 0 Å². The van der Waals surface area contributed by atoms with Crippen LogP contribution in [0.4, 0.5) is 0 Å². The molecule has 2 heteroatoms. The van der Waals surface area contributed by atoms with Crippen LogP contribution in [0, 0.1) is 5.92 Å². The highest BCUT2D eigenvalue weighted by molar-refractivity contribution is 5.60. The van der Waals surface area contributed by atoms with Gasteiger partial charge in [0, 0.05) is 30.2 Å². The highest BCUT2D eigenvalue weighted by Crippen LogP contribution is 2.18. The summed E-state index contributed by atoms with van der Waals surface area (Å²) in [5.74, 6) is 0.714. The van der Waals surface area contributed by atoms with E-state index in [4.69, 9.17) is 0 Å². The molecule has 2 aromatic heterocycles. The van der Waals surface area contributed by atoms with Crippen molar-refractivity contribution in [3.8, 4) is 11.1 Å². The van der Waals surface area contributed by atoms with E-state index in [1.807, 2.05) is 7.05 Å². The standard InChI is InChI=1S/C17H20N2/c1-18-10-6-16(7-11-18)17-8-12-19(13-9-17)14-15-4-2-3-5-15/h2,4,6-13,15H,3,5,14H2,1H3/q+2/t15-/m1/s1. The van der Waals surface area contributed by atoms with Crippen molar-refractivity contribution >= 4 is 0 Å². The van der Waals surface area contributed by atoms with Crippen LogP contribution in [0.1, 0.15) is 12.8 Å². The normalized spacial score (nSPS) is 17.8. The molecule has 1 aliphatic rings. The van der Waals surface area contributed by atoms with Crippen LogP contribution >= 0.6 is 0 Å². The maximum atomic E-state index is 2.35. The number of aromatic nitrogens is 2. The van der Waals surface area contributed by atoms with E-state index in [9.17, 15) is 0 Å². The number of aryl methyl sites for hydroxylation is 1. The SMILES string of the molecule is C[n+]1ccc(-c2cc[n+](C[C@@H]3C=CCC3)cc2)cc1. The molecule has 0 saturated heterocycles. The summed E-state index contributed by atoms with van der Waals surface area (Å²) in [4.78, 5) is 0. The first-order chi connectivity index (χ1) is 9.31. The topological polar surface area (TPSA) is 7.76 Å². The lowest BCUT2D eigenvalue weighted by molar-refractivity contribution is -0.701. The lowest BCUT2D eigenvalue weighted by atomic mass is 10.1. The van der Waals surface area contributed by atoms with Gasteiger partial charge in [-0.05, 0) is 24.0 Å². The minimum atomic E-state index is 0.714. The molecule has 0 aromatic carbocycles. The maximum absolute atomic E-state index is 2.35. The maximum Gasteiger partial charge on any atom is 0.169 e. The summed E-state index contributed by atoms with van der Waals surface area (Å²) in [6, 6.07) is 8.71. The number of nitrogens with zero attached hydrogens (tertiary/aromatic N) is 2. The lowest BCUT2D eigenvalue weighted by Crippen LogP contribution is -2.35. The molecular formula is C17H20N2+2. The van der Waals surface area contributed by atoms with E-state index in [2.05, 4.69) is 70.3 Å². The summed E-state index contributed by atoms with van der Waals surface area (Å²) in [7, 11) is 2.04. The van der Waals surface area contributed by atoms with Crippen molar-refractivity contribution in [1.29, 1.82) is 0 Å². The molecule has 0 N–H and O–H groups in total. The molecule has 0 saturated carbocycles. The first-order valence-electron chi connectivity index (χ1n) is 6.93. The van der Waals surface area contributed by atoms with E-state index >= 15 is 0 Å². The van der Waals surface area contributed by atoms with Gasteiger partial charge in [-0.2, -0.15) is 0 Å². The Balaban J connectivity index is 1.74. The van der Waals surface area contributed by atoms with Crippen molar-refractivity contribution in [3.05, 3.63) is 61.2 Å². The molecule has 96 valence electrons. The van der Waals surface area contributed by atoms with E-state index in [1.165, 1.54) is 24.0 Å². The quantitative estimate of drug-likeness (QED) is 0.585. The van der Waals surface area contributed by atoms with E-state index in [1.54, 1.807) is 0 Å². The molecule has 0 fully saturated rings. The minimum Gasteiger partial charge on any atom is -0.208 e. The molecule has 0 radical (unpaired) electrons. The summed E-state index contributed by atoms with van der Waals surface area (Å²) in [5.41, 5.74) is 2.55. The zero-order chi connectivity index (χ0) is 13.1. The molecule has 0 aliphatic heterocycles. The summed E-state index contributed by atoms with van der Waals surface area (Å²) in [6.07, 6.45) is 15.7. The first-order valence-corrected chi connectivity index (χ1v) is 6.93. The van der Waals surface area contributed by atoms with Gasteiger partial charge in [-0.1, -0.05) is 12.2 Å². The van der Waals surface area contributed by atoms with Gasteiger partial charge in [-0.3, -0.25) is 0 Å². The van der Waals surface area contributed by atoms with Gasteiger partial charge >= 0.3 is 0 Å². The lowest BCUT2D eigenvalue weighted by Gasteiger charge is -2.04. The number of allylic oxidation sites excluding steroid dienone is 2. The van der Waals surface area contributed by atoms with Gasteiger partial charge < -0.3 is 0 Å². The largest absolute Gasteiger partial charge is 0.208 e. The number of pyridine rings is 2. The van der Waals surface area contributed by atoms with Gasteiger partial charge in [0.05, 0.1) is 0 Å². The van der Waals surface area contributed by atoms with Crippen LogP contribution in [0.3, 0.4) is 0 Å². The van der Waals surface area contributed by atoms with Gasteiger partial charge in [-0.25, -0.2) is 9.13 Å². The molecule has 2 nitrogen and oxygen atoms in total. The van der Waals surface area contributed by atoms with Crippen molar-refractivity contribution in [1.82, 2.24) is 0 Å². The third kappa shape index (κ3) is 2.90. The van der Waals surface area contributed by atoms with Crippen LogP contribution in [0.5, 0.6) is 0 Å². The molecule has 3 rings (SSSR count). The highest BCUT2D eigenvalue weighted by Gasteiger charge is 2.14. The molecule has 0 amide bonds. The van der Waals surface area contributed by atoms with Gasteiger partial charge in [0.15, 0.2) is 31.3 Å². The molecule has 2 aromatic rings. The minimum absolute atomic E-state index is 0.714. The highest BCUT2D eigenvalue weighted by atomic mass is 14.9. The Morgan fingerprint density at radius 1 is 1.00 bits per heavy atom. The molecule has 0 spiro atoms. The van der Waals surface area contributed by atoms with Crippen molar-refractivity contribution in [2.45, 2.75) is 19.4 Å². The third-order valence-electron chi connectivity index (χ3n) is 3.76. The van der Waals surface area contributed by atoms with E-state index in [0.717, 1.165) is 6.54 Å². The van der Waals surface area contributed by atoms with Gasteiger partial charge in [0.1, 0.15) is 7.05 Å². The van der Waals surface area contributed by atoms with E-state index < -0.39 is 0 Å². The molecule has 1 atom stereocenters. The predicted octanol–water partition coefficient (Wildman–Crippen LogP) is 2.43. The monoisotopic (exact) mass is 252 g/mol. The Hall–Kier alpha value is -1.96. The van der Waals surface area contributed by atoms with Crippen molar-refractivity contribution in [2.75, 3.05) is 0 Å². The van der Waals surface area contributed by atoms with Crippen molar-refractivity contribution in [3.63, 3.8) is 0 Å². The van der Waals surface area contributed by atoms with Crippen molar-refractivity contribution in [2.24, 2.45) is 13.0 Å². The first kappa shape index (κ1) is 12.1. The Bertz CT molecular complexity index is 567. The predicted molar refractivity (Wildman–Crippen MR) is 75.1 cm³/mol. The fraction of sp³-hybridized carbons (Fsp3) is 0.294. The molecular weight excluding hydrogens is 232 g/mol. The zero-order valence-corrected chi connectivity index (χ0v) is 11.4. The third-order valence-corrected chi connectivity index (χ3v) is 3.76. The van der Waals surface area contributed by atoms with Crippen molar-refractivity contribution < 1.29 is 9.13 Å². The molecule has 19 heavy (non-hydrogen) atoms. The van der Waals surface area contributed by atoms with E-state index in [0.29, 0.717) is 5.92 Å². The number of hydrogen-bond donors (Lipinski definition) is 0. The summed E-state index contributed by atoms with van der Waals surface area (Å²) in [6.45, 7) is 1.10. The number of rotatable bonds is 3. The Morgan fingerprint density at radius 2 is 1.63 bits per heavy atom. The summed E-state index contributed by atoms with van der Waals surface area (Å²) < 4.78 is 4.34. The fourth-order valence-corrected chi connectivity index (χ4v) is 2.58. The molecule has 0 bridgehead atoms. The van der Waals surface area contributed by atoms with Crippen LogP contribution in [-0.4, -0.2) is 0 Å². The number of hydrogen-bond acceptors (Lipinski definition) is 0. The second-order valence-corrected chi connectivity index (χ2v) is 5.30. The Morgan fingerprint density at radius 3 is 2.21 bits per heavy atom. The second kappa shape index (κ2) is 5.35. The second-order valence-electron chi connectivity index (χ2n) is 5.30. The molecule has 0 unspecified atom stereocenters. The van der Waals surface area contributed by atoms with Crippen LogP contribution in [0.15, 0.2) is 61.2 Å². The average molecular weight is 252 g/mol. The van der Waals surface area contributed by atoms with Crippen LogP contribution in [-0.2, 0) is 13.6 Å². The van der Waals surface area contributed by atoms with Crippen LogP contribution < -0.4 is 9.13 Å². The summed E-state index contributed by atoms with van der Waals surface area (Å²) >= 11 is 0. The van der Waals surface area contributed by atoms with Gasteiger partial charge in [-0.15, -0.1) is 0 Å². The van der Waals surface area contributed by atoms with Gasteiger partial charge in [0.2, 0.25) is 0 Å². The average Bonchev–Trinajstić information content (AvgIpc) is 2.94. The van der Waals surface area contributed by atoms with Gasteiger partial charge in [0.25, 0.3) is 0 Å². The smallest absolute Gasteiger partial charge is 0.169 e. The van der Waals surface area contributed by atoms with E-state index in [-0.39, 0.29) is 0 Å². The molecule has 2 heterocycles. The summed E-state index contributed by atoms with van der Waals surface area (Å²) in [5, 5.41) is 0. The Labute approximate surface area is 114 Å². The molecule has 1 aliphatic carbocycles. The Kier molecular flexibility index (Phi) is 3.41. The fourth-order valence-electron chi connectivity index (χ4n) is 2.58. The van der Waals surface area contributed by atoms with Crippen LogP contribution in [0.25, 0.3) is 11.1 Å². The zero-order valence-electron chi connectivity index (χ0n) is 11.4.